The van der Waals surface area contributed by atoms with Crippen molar-refractivity contribution in [3.05, 3.63) is 72.7 Å². The van der Waals surface area contributed by atoms with E-state index in [1.807, 2.05) is 48.5 Å². The van der Waals surface area contributed by atoms with Crippen LogP contribution in [0.2, 0.25) is 0 Å². The number of carbonyl (C=O) groups excluding carboxylic acids is 1. The van der Waals surface area contributed by atoms with Crippen LogP contribution in [0.1, 0.15) is 37.3 Å². The molecule has 0 bridgehead atoms. The van der Waals surface area contributed by atoms with Gasteiger partial charge in [0.1, 0.15) is 30.1 Å². The van der Waals surface area contributed by atoms with E-state index in [9.17, 15) is 4.79 Å². The zero-order valence-electron chi connectivity index (χ0n) is 19.7. The third kappa shape index (κ3) is 4.91. The molecule has 1 aliphatic carbocycles. The molecule has 0 aliphatic heterocycles. The summed E-state index contributed by atoms with van der Waals surface area (Å²) >= 11 is 0. The number of amides is 1. The molecule has 8 heteroatoms. The number of fused-ring (bicyclic) bond motifs is 1. The number of rotatable bonds is 6. The molecule has 35 heavy (non-hydrogen) atoms. The Bertz CT molecular complexity index is 1310. The van der Waals surface area contributed by atoms with Crippen LogP contribution in [0.25, 0.3) is 22.2 Å². The predicted molar refractivity (Wildman–Crippen MR) is 135 cm³/mol. The fourth-order valence-electron chi connectivity index (χ4n) is 4.82. The summed E-state index contributed by atoms with van der Waals surface area (Å²) in [5.41, 5.74) is 10.3. The molecule has 1 saturated carbocycles. The van der Waals surface area contributed by atoms with Gasteiger partial charge in [0.15, 0.2) is 0 Å². The molecule has 2 aromatic carbocycles. The van der Waals surface area contributed by atoms with Gasteiger partial charge in [-0.15, -0.1) is 0 Å². The van der Waals surface area contributed by atoms with Crippen molar-refractivity contribution in [1.29, 1.82) is 0 Å². The fourth-order valence-corrected chi connectivity index (χ4v) is 4.82. The van der Waals surface area contributed by atoms with E-state index < -0.39 is 0 Å². The lowest BCUT2D eigenvalue weighted by Crippen LogP contribution is -2.37. The maximum absolute atomic E-state index is 11.6. The van der Waals surface area contributed by atoms with E-state index in [4.69, 9.17) is 15.2 Å². The van der Waals surface area contributed by atoms with Crippen LogP contribution in [0, 0.1) is 0 Å². The van der Waals surface area contributed by atoms with E-state index in [0.29, 0.717) is 12.4 Å². The number of anilines is 1. The molecule has 4 aromatic rings. The molecule has 2 aromatic heterocycles. The van der Waals surface area contributed by atoms with Gasteiger partial charge in [-0.05, 0) is 48.9 Å². The number of methoxy groups -OCH3 is 1. The zero-order valence-corrected chi connectivity index (χ0v) is 19.7. The van der Waals surface area contributed by atoms with Gasteiger partial charge >= 0.3 is 6.09 Å². The molecule has 1 aliphatic rings. The summed E-state index contributed by atoms with van der Waals surface area (Å²) in [6, 6.07) is 18.5. The van der Waals surface area contributed by atoms with E-state index in [1.54, 1.807) is 0 Å². The number of nitrogens with zero attached hydrogens (tertiary/aromatic N) is 3. The van der Waals surface area contributed by atoms with Gasteiger partial charge in [-0.1, -0.05) is 42.5 Å². The summed E-state index contributed by atoms with van der Waals surface area (Å²) in [4.78, 5) is 20.4. The fraction of sp³-hybridized carbons (Fsp3) is 0.296. The number of benzene rings is 2. The Balaban J connectivity index is 1.41. The number of carbonyl (C=O) groups is 1. The first-order valence-corrected chi connectivity index (χ1v) is 11.8. The molecule has 180 valence electrons. The second kappa shape index (κ2) is 10.0. The molecule has 2 heterocycles. The molecule has 0 spiro atoms. The molecule has 8 nitrogen and oxygen atoms in total. The normalized spacial score (nSPS) is 17.7. The quantitative estimate of drug-likeness (QED) is 0.405. The van der Waals surface area contributed by atoms with Crippen molar-refractivity contribution in [2.24, 2.45) is 0 Å². The average molecular weight is 472 g/mol. The molecular weight excluding hydrogens is 442 g/mol. The summed E-state index contributed by atoms with van der Waals surface area (Å²) in [6.45, 7) is 0.500. The van der Waals surface area contributed by atoms with Crippen LogP contribution in [-0.2, 0) is 11.3 Å². The highest BCUT2D eigenvalue weighted by Gasteiger charge is 2.26. The van der Waals surface area contributed by atoms with E-state index in [0.717, 1.165) is 59.2 Å². The van der Waals surface area contributed by atoms with Crippen LogP contribution in [-0.4, -0.2) is 33.8 Å². The van der Waals surface area contributed by atoms with Crippen molar-refractivity contribution in [1.82, 2.24) is 19.9 Å². The van der Waals surface area contributed by atoms with Crippen molar-refractivity contribution in [2.75, 3.05) is 12.8 Å². The summed E-state index contributed by atoms with van der Waals surface area (Å²) in [7, 11) is 1.39. The van der Waals surface area contributed by atoms with Crippen LogP contribution in [0.5, 0.6) is 5.75 Å². The number of ether oxygens (including phenoxy) is 2. The lowest BCUT2D eigenvalue weighted by Gasteiger charge is -2.29. The molecule has 0 unspecified atom stereocenters. The van der Waals surface area contributed by atoms with E-state index in [1.165, 1.54) is 13.4 Å². The van der Waals surface area contributed by atoms with Gasteiger partial charge in [0.25, 0.3) is 0 Å². The van der Waals surface area contributed by atoms with E-state index >= 15 is 0 Å². The molecule has 0 atom stereocenters. The van der Waals surface area contributed by atoms with Crippen LogP contribution in [0.4, 0.5) is 10.6 Å². The Labute approximate surface area is 204 Å². The van der Waals surface area contributed by atoms with Crippen molar-refractivity contribution >= 4 is 22.9 Å². The second-order valence-corrected chi connectivity index (χ2v) is 8.85. The Morgan fingerprint density at radius 1 is 1.09 bits per heavy atom. The summed E-state index contributed by atoms with van der Waals surface area (Å²) in [5, 5.41) is 3.77. The van der Waals surface area contributed by atoms with E-state index in [2.05, 4.69) is 32.1 Å². The molecule has 0 saturated heterocycles. The molecule has 1 fully saturated rings. The predicted octanol–water partition coefficient (Wildman–Crippen LogP) is 5.10. The standard InChI is InChI=1S/C27H29N5O3/c1-34-27(33)31-20-10-12-21(13-11-20)32-15-23(24-25(28)29-17-30-26(24)32)19-8-5-9-22(14-19)35-16-18-6-3-2-4-7-18/h2-9,14-15,17,20-21H,10-13,16H2,1H3,(H,31,33)(H2,28,29,30)/t20-,21+. The minimum absolute atomic E-state index is 0.123. The minimum atomic E-state index is -0.378. The van der Waals surface area contributed by atoms with Crippen molar-refractivity contribution in [3.8, 4) is 16.9 Å². The summed E-state index contributed by atoms with van der Waals surface area (Å²) < 4.78 is 13.0. The van der Waals surface area contributed by atoms with Gasteiger partial charge in [-0.2, -0.15) is 0 Å². The molecule has 1 amide bonds. The van der Waals surface area contributed by atoms with Gasteiger partial charge in [-0.25, -0.2) is 14.8 Å². The number of hydrogen-bond acceptors (Lipinski definition) is 6. The van der Waals surface area contributed by atoms with E-state index in [-0.39, 0.29) is 18.2 Å². The van der Waals surface area contributed by atoms with Gasteiger partial charge in [-0.3, -0.25) is 0 Å². The second-order valence-electron chi connectivity index (χ2n) is 8.85. The van der Waals surface area contributed by atoms with Crippen molar-refractivity contribution in [3.63, 3.8) is 0 Å². The topological polar surface area (TPSA) is 104 Å². The van der Waals surface area contributed by atoms with Gasteiger partial charge < -0.3 is 25.1 Å². The van der Waals surface area contributed by atoms with Crippen LogP contribution in [0.3, 0.4) is 0 Å². The number of nitrogens with one attached hydrogen (secondary N) is 1. The Morgan fingerprint density at radius 3 is 2.66 bits per heavy atom. The van der Waals surface area contributed by atoms with Crippen LogP contribution in [0.15, 0.2) is 67.1 Å². The molecule has 0 radical (unpaired) electrons. The van der Waals surface area contributed by atoms with Crippen LogP contribution < -0.4 is 15.8 Å². The number of alkyl carbamates (subject to hydrolysis) is 1. The molecule has 3 N–H and O–H groups in total. The van der Waals surface area contributed by atoms with Crippen molar-refractivity contribution in [2.45, 2.75) is 44.4 Å². The smallest absolute Gasteiger partial charge is 0.407 e. The lowest BCUT2D eigenvalue weighted by atomic mass is 9.91. The Morgan fingerprint density at radius 2 is 1.89 bits per heavy atom. The highest BCUT2D eigenvalue weighted by Crippen LogP contribution is 2.38. The third-order valence-electron chi connectivity index (χ3n) is 6.63. The highest BCUT2D eigenvalue weighted by molar-refractivity contribution is 6.00. The maximum atomic E-state index is 11.6. The number of aromatic nitrogens is 3. The zero-order chi connectivity index (χ0) is 24.2. The van der Waals surface area contributed by atoms with Crippen molar-refractivity contribution < 1.29 is 14.3 Å². The minimum Gasteiger partial charge on any atom is -0.489 e. The van der Waals surface area contributed by atoms with Crippen LogP contribution >= 0.6 is 0 Å². The van der Waals surface area contributed by atoms with Gasteiger partial charge in [0, 0.05) is 23.8 Å². The first-order chi connectivity index (χ1) is 17.1. The lowest BCUT2D eigenvalue weighted by molar-refractivity contribution is 0.161. The third-order valence-corrected chi connectivity index (χ3v) is 6.63. The Kier molecular flexibility index (Phi) is 6.52. The Hall–Kier alpha value is -4.07. The first kappa shape index (κ1) is 22.7. The molecular formula is C27H29N5O3. The van der Waals surface area contributed by atoms with Gasteiger partial charge in [0.05, 0.1) is 12.5 Å². The monoisotopic (exact) mass is 471 g/mol. The summed E-state index contributed by atoms with van der Waals surface area (Å²) in [5.74, 6) is 1.25. The average Bonchev–Trinajstić information content (AvgIpc) is 3.30. The maximum Gasteiger partial charge on any atom is 0.407 e. The first-order valence-electron chi connectivity index (χ1n) is 11.8. The highest BCUT2D eigenvalue weighted by atomic mass is 16.5. The largest absolute Gasteiger partial charge is 0.489 e. The summed E-state index contributed by atoms with van der Waals surface area (Å²) in [6.07, 6.45) is 6.85. The van der Waals surface area contributed by atoms with Gasteiger partial charge in [0.2, 0.25) is 0 Å². The SMILES string of the molecule is COC(=O)N[C@H]1CC[C@@H](n2cc(-c3cccc(OCc4ccccc4)c3)c3c(N)ncnc32)CC1. The number of nitrogen functional groups attached to an aromatic ring is 1. The number of nitrogens with two attached hydrogens (primary N) is 1. The molecule has 5 rings (SSSR count). The number of hydrogen-bond donors (Lipinski definition) is 2.